The molecule has 0 aliphatic carbocycles. The molecule has 4 nitrogen and oxygen atoms in total. The Kier molecular flexibility index (Phi) is 7.89. The van der Waals surface area contributed by atoms with E-state index in [2.05, 4.69) is 5.32 Å². The molecule has 0 aliphatic heterocycles. The molecule has 1 amide bonds. The molecule has 0 heterocycles. The van der Waals surface area contributed by atoms with Gasteiger partial charge in [0, 0.05) is 11.4 Å². The van der Waals surface area contributed by atoms with Crippen molar-refractivity contribution >= 4 is 34.8 Å². The Morgan fingerprint density at radius 3 is 2.56 bits per heavy atom. The summed E-state index contributed by atoms with van der Waals surface area (Å²) in [7, 11) is 0. The molecule has 1 N–H and O–H groups in total. The molecule has 0 aromatic heterocycles. The summed E-state index contributed by atoms with van der Waals surface area (Å²) in [5.41, 5.74) is 0.683. The van der Waals surface area contributed by atoms with E-state index in [0.717, 1.165) is 6.42 Å². The number of carbonyl (C=O) groups excluding carboxylic acids is 1. The molecule has 0 saturated heterocycles. The lowest BCUT2D eigenvalue weighted by atomic mass is 10.2. The fourth-order valence-corrected chi connectivity index (χ4v) is 2.59. The van der Waals surface area contributed by atoms with E-state index < -0.39 is 0 Å². The molecule has 0 bridgehead atoms. The Balaban J connectivity index is 1.77. The van der Waals surface area contributed by atoms with Crippen molar-refractivity contribution in [2.75, 3.05) is 18.5 Å². The van der Waals surface area contributed by atoms with Crippen LogP contribution < -0.4 is 14.8 Å². The monoisotopic (exact) mass is 381 g/mol. The molecule has 0 unspecified atom stereocenters. The van der Waals surface area contributed by atoms with Gasteiger partial charge in [-0.2, -0.15) is 0 Å². The normalized spacial score (nSPS) is 10.4. The van der Waals surface area contributed by atoms with Gasteiger partial charge in [-0.3, -0.25) is 4.79 Å². The zero-order chi connectivity index (χ0) is 18.1. The van der Waals surface area contributed by atoms with Crippen LogP contribution >= 0.6 is 23.2 Å². The third-order valence-electron chi connectivity index (χ3n) is 3.32. The number of carbonyl (C=O) groups is 1. The molecule has 0 spiro atoms. The highest BCUT2D eigenvalue weighted by atomic mass is 35.5. The van der Waals surface area contributed by atoms with Gasteiger partial charge in [0.25, 0.3) is 0 Å². The summed E-state index contributed by atoms with van der Waals surface area (Å²) in [4.78, 5) is 12.1. The van der Waals surface area contributed by atoms with Gasteiger partial charge in [0.15, 0.2) is 0 Å². The van der Waals surface area contributed by atoms with Crippen LogP contribution in [0.3, 0.4) is 0 Å². The van der Waals surface area contributed by atoms with Gasteiger partial charge in [-0.1, -0.05) is 42.3 Å². The Labute approximate surface area is 158 Å². The van der Waals surface area contributed by atoms with Crippen molar-refractivity contribution in [3.63, 3.8) is 0 Å². The van der Waals surface area contributed by atoms with Gasteiger partial charge in [0.2, 0.25) is 5.91 Å². The number of halogens is 2. The van der Waals surface area contributed by atoms with E-state index in [0.29, 0.717) is 53.3 Å². The number of para-hydroxylation sites is 2. The molecule has 0 aliphatic rings. The zero-order valence-electron chi connectivity index (χ0n) is 14.1. The van der Waals surface area contributed by atoms with E-state index in [1.54, 1.807) is 18.2 Å². The first kappa shape index (κ1) is 19.4. The first-order valence-electron chi connectivity index (χ1n) is 8.19. The molecule has 0 saturated carbocycles. The second-order valence-electron chi connectivity index (χ2n) is 5.42. The Hall–Kier alpha value is -1.91. The van der Waals surface area contributed by atoms with Gasteiger partial charge >= 0.3 is 0 Å². The van der Waals surface area contributed by atoms with Gasteiger partial charge in [-0.15, -0.1) is 0 Å². The summed E-state index contributed by atoms with van der Waals surface area (Å²) < 4.78 is 11.2. The largest absolute Gasteiger partial charge is 0.492 e. The van der Waals surface area contributed by atoms with Crippen LogP contribution in [0.1, 0.15) is 26.2 Å². The molecule has 0 fully saturated rings. The molecule has 2 aromatic rings. The van der Waals surface area contributed by atoms with Crippen LogP contribution in [0.5, 0.6) is 11.5 Å². The minimum Gasteiger partial charge on any atom is -0.492 e. The van der Waals surface area contributed by atoms with Crippen LogP contribution in [0.4, 0.5) is 5.69 Å². The predicted octanol–water partition coefficient (Wildman–Crippen LogP) is 5.58. The predicted molar refractivity (Wildman–Crippen MR) is 102 cm³/mol. The summed E-state index contributed by atoms with van der Waals surface area (Å²) in [6, 6.07) is 12.5. The number of nitrogens with one attached hydrogen (secondary N) is 1. The lowest BCUT2D eigenvalue weighted by molar-refractivity contribution is -0.116. The van der Waals surface area contributed by atoms with E-state index in [1.807, 2.05) is 31.2 Å². The minimum absolute atomic E-state index is 0.0849. The fraction of sp³-hybridized carbons (Fsp3) is 0.316. The third-order valence-corrected chi connectivity index (χ3v) is 3.85. The number of anilines is 1. The second kappa shape index (κ2) is 10.2. The summed E-state index contributed by atoms with van der Waals surface area (Å²) in [6.45, 7) is 3.04. The summed E-state index contributed by atoms with van der Waals surface area (Å²) in [5, 5.41) is 3.89. The molecule has 25 heavy (non-hydrogen) atoms. The minimum atomic E-state index is -0.0849. The highest BCUT2D eigenvalue weighted by Gasteiger charge is 2.08. The number of ether oxygens (including phenoxy) is 2. The average molecular weight is 382 g/mol. The van der Waals surface area contributed by atoms with Crippen LogP contribution in [0.15, 0.2) is 42.5 Å². The summed E-state index contributed by atoms with van der Waals surface area (Å²) in [5.74, 6) is 1.16. The SMILES string of the molecule is CCCOc1ccccc1NC(=O)CCCOc1ccc(Cl)cc1Cl. The number of benzene rings is 2. The Bertz CT molecular complexity index is 707. The van der Waals surface area contributed by atoms with E-state index in [4.69, 9.17) is 32.7 Å². The van der Waals surface area contributed by atoms with Gasteiger partial charge < -0.3 is 14.8 Å². The lowest BCUT2D eigenvalue weighted by Crippen LogP contribution is -2.14. The highest BCUT2D eigenvalue weighted by Crippen LogP contribution is 2.28. The number of hydrogen-bond acceptors (Lipinski definition) is 3. The van der Waals surface area contributed by atoms with Crippen molar-refractivity contribution in [1.82, 2.24) is 0 Å². The standard InChI is InChI=1S/C19H21Cl2NO3/c1-2-11-24-18-7-4-3-6-16(18)22-19(23)8-5-12-25-17-10-9-14(20)13-15(17)21/h3-4,6-7,9-10,13H,2,5,8,11-12H2,1H3,(H,22,23). The molecule has 2 rings (SSSR count). The zero-order valence-corrected chi connectivity index (χ0v) is 15.6. The average Bonchev–Trinajstić information content (AvgIpc) is 2.59. The number of rotatable bonds is 9. The van der Waals surface area contributed by atoms with Gasteiger partial charge in [0.1, 0.15) is 11.5 Å². The number of hydrogen-bond donors (Lipinski definition) is 1. The molecule has 0 atom stereocenters. The Morgan fingerprint density at radius 2 is 1.80 bits per heavy atom. The van der Waals surface area contributed by atoms with Crippen LogP contribution in [0, 0.1) is 0 Å². The van der Waals surface area contributed by atoms with Crippen molar-refractivity contribution in [2.45, 2.75) is 26.2 Å². The molecule has 6 heteroatoms. The lowest BCUT2D eigenvalue weighted by Gasteiger charge is -2.12. The van der Waals surface area contributed by atoms with E-state index in [9.17, 15) is 4.79 Å². The van der Waals surface area contributed by atoms with Crippen LogP contribution in [0.2, 0.25) is 10.0 Å². The van der Waals surface area contributed by atoms with E-state index >= 15 is 0 Å². The molecular formula is C19H21Cl2NO3. The van der Waals surface area contributed by atoms with Crippen molar-refractivity contribution in [3.05, 3.63) is 52.5 Å². The maximum Gasteiger partial charge on any atom is 0.224 e. The first-order chi connectivity index (χ1) is 12.1. The Morgan fingerprint density at radius 1 is 1.04 bits per heavy atom. The van der Waals surface area contributed by atoms with E-state index in [-0.39, 0.29) is 5.91 Å². The smallest absolute Gasteiger partial charge is 0.224 e. The molecular weight excluding hydrogens is 361 g/mol. The molecule has 134 valence electrons. The van der Waals surface area contributed by atoms with Crippen LogP contribution in [-0.2, 0) is 4.79 Å². The van der Waals surface area contributed by atoms with Crippen LogP contribution in [-0.4, -0.2) is 19.1 Å². The molecule has 2 aromatic carbocycles. The maximum absolute atomic E-state index is 12.1. The summed E-state index contributed by atoms with van der Waals surface area (Å²) >= 11 is 11.9. The fourth-order valence-electron chi connectivity index (χ4n) is 2.13. The third kappa shape index (κ3) is 6.48. The van der Waals surface area contributed by atoms with Crippen molar-refractivity contribution in [2.24, 2.45) is 0 Å². The van der Waals surface area contributed by atoms with Gasteiger partial charge in [0.05, 0.1) is 23.9 Å². The molecule has 0 radical (unpaired) electrons. The van der Waals surface area contributed by atoms with E-state index in [1.165, 1.54) is 0 Å². The topological polar surface area (TPSA) is 47.6 Å². The van der Waals surface area contributed by atoms with Crippen molar-refractivity contribution < 1.29 is 14.3 Å². The van der Waals surface area contributed by atoms with Crippen molar-refractivity contribution in [1.29, 1.82) is 0 Å². The highest BCUT2D eigenvalue weighted by molar-refractivity contribution is 6.35. The van der Waals surface area contributed by atoms with Crippen molar-refractivity contribution in [3.8, 4) is 11.5 Å². The van der Waals surface area contributed by atoms with Gasteiger partial charge in [-0.25, -0.2) is 0 Å². The quantitative estimate of drug-likeness (QED) is 0.576. The van der Waals surface area contributed by atoms with Crippen LogP contribution in [0.25, 0.3) is 0 Å². The summed E-state index contributed by atoms with van der Waals surface area (Å²) in [6.07, 6.45) is 1.82. The van der Waals surface area contributed by atoms with Gasteiger partial charge in [-0.05, 0) is 43.2 Å². The first-order valence-corrected chi connectivity index (χ1v) is 8.95. The second-order valence-corrected chi connectivity index (χ2v) is 6.26. The number of amides is 1. The maximum atomic E-state index is 12.1.